The van der Waals surface area contributed by atoms with E-state index in [0.717, 1.165) is 10.9 Å². The molecule has 0 amide bonds. The number of nitrogens with one attached hydrogen (secondary N) is 1. The molecule has 1 aliphatic rings. The summed E-state index contributed by atoms with van der Waals surface area (Å²) in [6.45, 7) is 0. The Hall–Kier alpha value is -2.61. The average molecular weight is 286 g/mol. The summed E-state index contributed by atoms with van der Waals surface area (Å²) < 4.78 is 0. The number of rotatable bonds is 3. The van der Waals surface area contributed by atoms with Crippen molar-refractivity contribution in [1.82, 2.24) is 0 Å². The molecule has 2 atom stereocenters. The molecule has 2 nitrogen and oxygen atoms in total. The van der Waals surface area contributed by atoms with Crippen molar-refractivity contribution in [2.45, 2.75) is 18.3 Å². The maximum Gasteiger partial charge on any atom is 0.122 e. The van der Waals surface area contributed by atoms with Gasteiger partial charge in [-0.3, -0.25) is 5.41 Å². The zero-order valence-corrected chi connectivity index (χ0v) is 12.3. The van der Waals surface area contributed by atoms with Crippen LogP contribution < -0.4 is 5.73 Å². The van der Waals surface area contributed by atoms with E-state index in [0.29, 0.717) is 11.8 Å². The van der Waals surface area contributed by atoms with Crippen molar-refractivity contribution in [3.8, 4) is 0 Å². The Morgan fingerprint density at radius 3 is 2.27 bits per heavy atom. The Balaban J connectivity index is 1.64. The molecule has 4 rings (SSSR count). The molecule has 3 N–H and O–H groups in total. The summed E-state index contributed by atoms with van der Waals surface area (Å²) in [7, 11) is 0. The number of benzene rings is 3. The molecular formula is C20H18N2. The smallest absolute Gasteiger partial charge is 0.122 e. The van der Waals surface area contributed by atoms with Gasteiger partial charge in [0.1, 0.15) is 5.84 Å². The molecule has 0 radical (unpaired) electrons. The topological polar surface area (TPSA) is 49.9 Å². The number of nitrogen functional groups attached to an aromatic ring is 1. The molecule has 3 aromatic rings. The third-order valence-electron chi connectivity index (χ3n) is 4.62. The Bertz CT molecular complexity index is 852. The molecule has 3 aromatic carbocycles. The second-order valence-electron chi connectivity index (χ2n) is 6.09. The van der Waals surface area contributed by atoms with Crippen LogP contribution in [-0.2, 0) is 0 Å². The summed E-state index contributed by atoms with van der Waals surface area (Å²) in [5.74, 6) is 1.42. The van der Waals surface area contributed by atoms with Gasteiger partial charge in [-0.15, -0.1) is 0 Å². The Morgan fingerprint density at radius 1 is 0.818 bits per heavy atom. The van der Waals surface area contributed by atoms with Gasteiger partial charge in [0.25, 0.3) is 0 Å². The Kier molecular flexibility index (Phi) is 2.97. The molecule has 0 aromatic heterocycles. The van der Waals surface area contributed by atoms with Gasteiger partial charge in [-0.05, 0) is 46.2 Å². The lowest BCUT2D eigenvalue weighted by atomic mass is 10.00. The highest BCUT2D eigenvalue weighted by Crippen LogP contribution is 2.54. The van der Waals surface area contributed by atoms with Crippen molar-refractivity contribution in [3.05, 3.63) is 83.4 Å². The summed E-state index contributed by atoms with van der Waals surface area (Å²) in [6, 6.07) is 23.4. The van der Waals surface area contributed by atoms with E-state index in [2.05, 4.69) is 54.6 Å². The summed E-state index contributed by atoms with van der Waals surface area (Å²) >= 11 is 0. The second kappa shape index (κ2) is 4.99. The lowest BCUT2D eigenvalue weighted by molar-refractivity contribution is 1.03. The van der Waals surface area contributed by atoms with Gasteiger partial charge in [0.2, 0.25) is 0 Å². The SMILES string of the molecule is N=C(N)c1ccc2cc([C@@H]3C[C@@H]3c3ccccc3)ccc2c1. The highest BCUT2D eigenvalue weighted by molar-refractivity contribution is 5.99. The second-order valence-corrected chi connectivity index (χ2v) is 6.09. The van der Waals surface area contributed by atoms with E-state index in [4.69, 9.17) is 11.1 Å². The molecule has 0 saturated heterocycles. The summed E-state index contributed by atoms with van der Waals surface area (Å²) in [4.78, 5) is 0. The fourth-order valence-corrected chi connectivity index (χ4v) is 3.29. The Labute approximate surface area is 130 Å². The van der Waals surface area contributed by atoms with Gasteiger partial charge in [0.15, 0.2) is 0 Å². The molecule has 0 aliphatic heterocycles. The number of nitrogens with two attached hydrogens (primary N) is 1. The van der Waals surface area contributed by atoms with Gasteiger partial charge < -0.3 is 5.73 Å². The minimum atomic E-state index is 0.123. The molecule has 1 fully saturated rings. The van der Waals surface area contributed by atoms with Crippen LogP contribution in [0.1, 0.15) is 34.9 Å². The molecule has 108 valence electrons. The van der Waals surface area contributed by atoms with Crippen molar-refractivity contribution >= 4 is 16.6 Å². The molecule has 1 saturated carbocycles. The van der Waals surface area contributed by atoms with Crippen LogP contribution in [0.2, 0.25) is 0 Å². The minimum Gasteiger partial charge on any atom is -0.384 e. The largest absolute Gasteiger partial charge is 0.384 e. The average Bonchev–Trinajstić information content (AvgIpc) is 3.35. The molecule has 0 unspecified atom stereocenters. The monoisotopic (exact) mass is 286 g/mol. The van der Waals surface area contributed by atoms with E-state index in [-0.39, 0.29) is 5.84 Å². The van der Waals surface area contributed by atoms with Crippen LogP contribution in [0.15, 0.2) is 66.7 Å². The fraction of sp³-hybridized carbons (Fsp3) is 0.150. The van der Waals surface area contributed by atoms with Crippen LogP contribution in [0.5, 0.6) is 0 Å². The summed E-state index contributed by atoms with van der Waals surface area (Å²) in [5, 5.41) is 9.90. The van der Waals surface area contributed by atoms with Crippen LogP contribution in [0, 0.1) is 5.41 Å². The number of amidine groups is 1. The molecule has 0 bridgehead atoms. The summed E-state index contributed by atoms with van der Waals surface area (Å²) in [6.07, 6.45) is 1.24. The maximum absolute atomic E-state index is 7.53. The number of hydrogen-bond acceptors (Lipinski definition) is 1. The van der Waals surface area contributed by atoms with Crippen molar-refractivity contribution < 1.29 is 0 Å². The van der Waals surface area contributed by atoms with Gasteiger partial charge in [-0.1, -0.05) is 60.7 Å². The van der Waals surface area contributed by atoms with Crippen LogP contribution in [0.4, 0.5) is 0 Å². The minimum absolute atomic E-state index is 0.123. The standard InChI is InChI=1S/C20H18N2/c21-20(22)17-9-7-14-10-16(8-6-15(14)11-17)19-12-18(19)13-4-2-1-3-5-13/h1-11,18-19H,12H2,(H3,21,22)/t18-,19+/m1/s1. The van der Waals surface area contributed by atoms with Gasteiger partial charge in [0.05, 0.1) is 0 Å². The Morgan fingerprint density at radius 2 is 1.50 bits per heavy atom. The third-order valence-corrected chi connectivity index (χ3v) is 4.62. The lowest BCUT2D eigenvalue weighted by Gasteiger charge is -2.06. The van der Waals surface area contributed by atoms with Crippen molar-refractivity contribution in [2.24, 2.45) is 5.73 Å². The predicted molar refractivity (Wildman–Crippen MR) is 91.5 cm³/mol. The van der Waals surface area contributed by atoms with Crippen molar-refractivity contribution in [2.75, 3.05) is 0 Å². The molecule has 2 heteroatoms. The van der Waals surface area contributed by atoms with Gasteiger partial charge in [-0.2, -0.15) is 0 Å². The van der Waals surface area contributed by atoms with E-state index in [1.165, 1.54) is 22.9 Å². The first kappa shape index (κ1) is 13.1. The van der Waals surface area contributed by atoms with E-state index in [1.54, 1.807) is 0 Å². The van der Waals surface area contributed by atoms with E-state index >= 15 is 0 Å². The van der Waals surface area contributed by atoms with Crippen LogP contribution in [0.3, 0.4) is 0 Å². The molecule has 22 heavy (non-hydrogen) atoms. The number of fused-ring (bicyclic) bond motifs is 1. The molecular weight excluding hydrogens is 268 g/mol. The van der Waals surface area contributed by atoms with Gasteiger partial charge in [-0.25, -0.2) is 0 Å². The van der Waals surface area contributed by atoms with Crippen molar-refractivity contribution in [3.63, 3.8) is 0 Å². The zero-order valence-electron chi connectivity index (χ0n) is 12.3. The normalized spacial score (nSPS) is 20.0. The first-order valence-electron chi connectivity index (χ1n) is 7.65. The fourth-order valence-electron chi connectivity index (χ4n) is 3.29. The first-order chi connectivity index (χ1) is 10.7. The highest BCUT2D eigenvalue weighted by atomic mass is 14.7. The lowest BCUT2D eigenvalue weighted by Crippen LogP contribution is -2.10. The number of hydrogen-bond donors (Lipinski definition) is 2. The summed E-state index contributed by atoms with van der Waals surface area (Å²) in [5.41, 5.74) is 9.20. The highest BCUT2D eigenvalue weighted by Gasteiger charge is 2.39. The van der Waals surface area contributed by atoms with Crippen LogP contribution >= 0.6 is 0 Å². The molecule has 0 heterocycles. The van der Waals surface area contributed by atoms with E-state index in [9.17, 15) is 0 Å². The van der Waals surface area contributed by atoms with E-state index in [1.807, 2.05) is 12.1 Å². The van der Waals surface area contributed by atoms with Gasteiger partial charge >= 0.3 is 0 Å². The van der Waals surface area contributed by atoms with Crippen LogP contribution in [0.25, 0.3) is 10.8 Å². The predicted octanol–water partition coefficient (Wildman–Crippen LogP) is 4.39. The third kappa shape index (κ3) is 2.27. The maximum atomic E-state index is 7.53. The molecule has 1 aliphatic carbocycles. The van der Waals surface area contributed by atoms with Crippen LogP contribution in [-0.4, -0.2) is 5.84 Å². The molecule has 0 spiro atoms. The van der Waals surface area contributed by atoms with Gasteiger partial charge in [0, 0.05) is 5.56 Å². The van der Waals surface area contributed by atoms with E-state index < -0.39 is 0 Å². The van der Waals surface area contributed by atoms with Crippen molar-refractivity contribution in [1.29, 1.82) is 5.41 Å². The quantitative estimate of drug-likeness (QED) is 0.544. The zero-order chi connectivity index (χ0) is 15.1. The first-order valence-corrected chi connectivity index (χ1v) is 7.65.